The Morgan fingerprint density at radius 1 is 1.24 bits per heavy atom. The summed E-state index contributed by atoms with van der Waals surface area (Å²) < 4.78 is 46.5. The van der Waals surface area contributed by atoms with Gasteiger partial charge in [0.2, 0.25) is 0 Å². The van der Waals surface area contributed by atoms with Gasteiger partial charge in [0.25, 0.3) is 5.82 Å². The summed E-state index contributed by atoms with van der Waals surface area (Å²) in [5.74, 6) is 0.716. The van der Waals surface area contributed by atoms with Gasteiger partial charge in [-0.15, -0.1) is 5.10 Å². The van der Waals surface area contributed by atoms with E-state index in [1.54, 1.807) is 13.3 Å². The van der Waals surface area contributed by atoms with Crippen LogP contribution in [0.3, 0.4) is 0 Å². The maximum absolute atomic E-state index is 9.75. The molecule has 0 unspecified atom stereocenters. The number of likely N-dealkylation sites (N-methyl/N-ethyl adjacent to an activating group) is 1. The molecule has 0 bridgehead atoms. The van der Waals surface area contributed by atoms with Crippen molar-refractivity contribution in [3.05, 3.63) is 42.1 Å². The lowest BCUT2D eigenvalue weighted by atomic mass is 10.1. The van der Waals surface area contributed by atoms with Crippen LogP contribution in [0.25, 0.3) is 0 Å². The molecule has 11 heteroatoms. The Labute approximate surface area is 143 Å². The van der Waals surface area contributed by atoms with Crippen LogP contribution in [0, 0.1) is 0 Å². The highest BCUT2D eigenvalue weighted by atomic mass is 19.5. The van der Waals surface area contributed by atoms with Gasteiger partial charge in [-0.2, -0.15) is 15.2 Å². The average Bonchev–Trinajstić information content (AvgIpc) is 3.07. The van der Waals surface area contributed by atoms with Crippen LogP contribution in [0.1, 0.15) is 5.56 Å². The lowest BCUT2D eigenvalue weighted by Gasteiger charge is -2.12. The minimum Gasteiger partial charge on any atom is -0.435 e. The summed E-state index contributed by atoms with van der Waals surface area (Å²) in [6, 6.07) is 11.1. The number of amidine groups is 1. The van der Waals surface area contributed by atoms with Gasteiger partial charge in [0, 0.05) is 6.42 Å². The standard InChI is InChI=1S/C14H20N5O.BF4/c1-18(10-9-12-7-5-4-6-8-12)14(20-3)19(2)13-11-15-17-16-13;2-1(3,4)5/h4-8,11H,9-10H2,1-3H3,(H,15,16,17);/q+1;-1. The van der Waals surface area contributed by atoms with Crippen molar-refractivity contribution in [2.75, 3.05) is 32.6 Å². The molecule has 138 valence electrons. The van der Waals surface area contributed by atoms with Crippen LogP contribution in [0.2, 0.25) is 0 Å². The third-order valence-electron chi connectivity index (χ3n) is 3.12. The normalized spacial score (nSPS) is 12.0. The van der Waals surface area contributed by atoms with E-state index in [1.165, 1.54) is 5.56 Å². The fourth-order valence-corrected chi connectivity index (χ4v) is 2.04. The summed E-state index contributed by atoms with van der Waals surface area (Å²) in [6.45, 7) is 0.857. The number of anilines is 1. The number of halogens is 4. The number of hydrogen-bond donors (Lipinski definition) is 1. The largest absolute Gasteiger partial charge is 0.673 e. The van der Waals surface area contributed by atoms with Gasteiger partial charge >= 0.3 is 13.3 Å². The highest BCUT2D eigenvalue weighted by Gasteiger charge is 2.22. The molecule has 1 N–H and O–H groups in total. The first-order valence-corrected chi connectivity index (χ1v) is 7.35. The molecule has 2 aromatic rings. The second-order valence-electron chi connectivity index (χ2n) is 5.03. The van der Waals surface area contributed by atoms with Gasteiger partial charge < -0.3 is 22.0 Å². The second-order valence-corrected chi connectivity index (χ2v) is 5.03. The van der Waals surface area contributed by atoms with Crippen LogP contribution in [0.5, 0.6) is 0 Å². The molecule has 0 radical (unpaired) electrons. The summed E-state index contributed by atoms with van der Waals surface area (Å²) in [5, 5.41) is 10.5. The first-order chi connectivity index (χ1) is 11.7. The maximum Gasteiger partial charge on any atom is 0.673 e. The molecule has 0 atom stereocenters. The molecule has 1 heterocycles. The van der Waals surface area contributed by atoms with Gasteiger partial charge in [-0.05, 0) is 5.56 Å². The van der Waals surface area contributed by atoms with E-state index in [0.29, 0.717) is 5.82 Å². The van der Waals surface area contributed by atoms with Crippen molar-refractivity contribution >= 4 is 19.1 Å². The summed E-state index contributed by atoms with van der Waals surface area (Å²) in [4.78, 5) is 1.86. The summed E-state index contributed by atoms with van der Waals surface area (Å²) >= 11 is 0. The molecule has 0 aliphatic heterocycles. The molecule has 0 aliphatic rings. The van der Waals surface area contributed by atoms with Crippen molar-refractivity contribution in [1.82, 2.24) is 15.4 Å². The number of benzene rings is 1. The predicted octanol–water partition coefficient (Wildman–Crippen LogP) is 2.43. The minimum atomic E-state index is -6.00. The molecule has 0 amide bonds. The third kappa shape index (κ3) is 8.18. The zero-order valence-corrected chi connectivity index (χ0v) is 14.2. The maximum atomic E-state index is 9.75. The summed E-state index contributed by atoms with van der Waals surface area (Å²) in [6.07, 6.45) is 2.61. The number of ether oxygens (including phenoxy) is 1. The summed E-state index contributed by atoms with van der Waals surface area (Å²) in [5.41, 5.74) is 1.30. The minimum absolute atomic E-state index is 0.716. The van der Waals surface area contributed by atoms with Gasteiger partial charge in [0.1, 0.15) is 6.20 Å². The predicted molar refractivity (Wildman–Crippen MR) is 88.2 cm³/mol. The first-order valence-electron chi connectivity index (χ1n) is 7.35. The van der Waals surface area contributed by atoms with Crippen molar-refractivity contribution in [1.29, 1.82) is 0 Å². The number of methoxy groups -OCH3 is 1. The van der Waals surface area contributed by atoms with E-state index in [-0.39, 0.29) is 0 Å². The Hall–Kier alpha value is -2.59. The molecule has 0 saturated carbocycles. The van der Waals surface area contributed by atoms with Gasteiger partial charge in [-0.3, -0.25) is 0 Å². The quantitative estimate of drug-likeness (QED) is 0.299. The smallest absolute Gasteiger partial charge is 0.435 e. The van der Waals surface area contributed by atoms with E-state index in [1.807, 2.05) is 25.1 Å². The van der Waals surface area contributed by atoms with Crippen LogP contribution >= 0.6 is 0 Å². The van der Waals surface area contributed by atoms with E-state index in [4.69, 9.17) is 4.74 Å². The first kappa shape index (κ1) is 20.5. The van der Waals surface area contributed by atoms with E-state index in [2.05, 4.69) is 44.3 Å². The van der Waals surface area contributed by atoms with Crippen molar-refractivity contribution in [2.24, 2.45) is 0 Å². The topological polar surface area (TPSA) is 57.0 Å². The average molecular weight is 361 g/mol. The molecule has 0 spiro atoms. The Bertz CT molecular complexity index is 643. The van der Waals surface area contributed by atoms with E-state index >= 15 is 0 Å². The van der Waals surface area contributed by atoms with Crippen LogP contribution in [-0.4, -0.2) is 61.0 Å². The number of aromatic nitrogens is 3. The molecular weight excluding hydrogens is 341 g/mol. The Morgan fingerprint density at radius 2 is 1.84 bits per heavy atom. The second kappa shape index (κ2) is 9.65. The highest BCUT2D eigenvalue weighted by molar-refractivity contribution is 6.50. The molecule has 0 fully saturated rings. The Balaban J connectivity index is 0.000000550. The van der Waals surface area contributed by atoms with Crippen molar-refractivity contribution in [3.8, 4) is 0 Å². The van der Waals surface area contributed by atoms with Crippen LogP contribution < -0.4 is 4.90 Å². The monoisotopic (exact) mass is 361 g/mol. The fourth-order valence-electron chi connectivity index (χ4n) is 2.04. The van der Waals surface area contributed by atoms with Crippen molar-refractivity contribution in [3.63, 3.8) is 0 Å². The van der Waals surface area contributed by atoms with Crippen LogP contribution in [-0.2, 0) is 11.2 Å². The number of aromatic amines is 1. The molecule has 25 heavy (non-hydrogen) atoms. The van der Waals surface area contributed by atoms with Gasteiger partial charge in [-0.1, -0.05) is 30.3 Å². The van der Waals surface area contributed by atoms with Gasteiger partial charge in [0.15, 0.2) is 0 Å². The molecule has 0 saturated heterocycles. The zero-order chi connectivity index (χ0) is 18.9. The highest BCUT2D eigenvalue weighted by Crippen LogP contribution is 2.07. The molecular formula is C14H20BF4N5O. The Morgan fingerprint density at radius 3 is 2.32 bits per heavy atom. The number of nitrogens with one attached hydrogen (secondary N) is 1. The van der Waals surface area contributed by atoms with E-state index < -0.39 is 7.25 Å². The number of rotatable bonds is 4. The summed E-state index contributed by atoms with van der Waals surface area (Å²) in [7, 11) is -0.445. The third-order valence-corrected chi connectivity index (χ3v) is 3.12. The van der Waals surface area contributed by atoms with E-state index in [0.717, 1.165) is 19.0 Å². The number of hydrogen-bond acceptors (Lipinski definition) is 3. The van der Waals surface area contributed by atoms with E-state index in [9.17, 15) is 17.3 Å². The fraction of sp³-hybridized carbons (Fsp3) is 0.357. The number of nitrogens with zero attached hydrogens (tertiary/aromatic N) is 4. The van der Waals surface area contributed by atoms with Crippen molar-refractivity contribution < 1.29 is 26.6 Å². The van der Waals surface area contributed by atoms with Gasteiger partial charge in [-0.25, -0.2) is 4.58 Å². The lowest BCUT2D eigenvalue weighted by Crippen LogP contribution is -2.36. The van der Waals surface area contributed by atoms with Crippen molar-refractivity contribution in [2.45, 2.75) is 6.42 Å². The number of H-pyrrole nitrogens is 1. The Kier molecular flexibility index (Phi) is 7.90. The lowest BCUT2D eigenvalue weighted by molar-refractivity contribution is -0.506. The van der Waals surface area contributed by atoms with Crippen LogP contribution in [0.4, 0.5) is 23.1 Å². The molecule has 2 rings (SSSR count). The molecule has 0 aliphatic carbocycles. The molecule has 1 aromatic carbocycles. The zero-order valence-electron chi connectivity index (χ0n) is 14.2. The molecule has 6 nitrogen and oxygen atoms in total. The van der Waals surface area contributed by atoms with Crippen LogP contribution in [0.15, 0.2) is 36.5 Å². The molecule has 1 aromatic heterocycles. The SMILES string of the molecule is COC(N(C)c1cn[nH]n1)=[N+](C)CCc1ccccc1.F[B-](F)(F)F. The van der Waals surface area contributed by atoms with Gasteiger partial charge in [0.05, 0.1) is 27.7 Å².